The molecule has 0 atom stereocenters. The predicted octanol–water partition coefficient (Wildman–Crippen LogP) is 3.79. The number of carbonyl (C=O) groups excluding carboxylic acids is 3. The number of ether oxygens (including phenoxy) is 1. The van der Waals surface area contributed by atoms with E-state index in [0.29, 0.717) is 32.6 Å². The lowest BCUT2D eigenvalue weighted by atomic mass is 9.90. The van der Waals surface area contributed by atoms with Crippen LogP contribution in [0.25, 0.3) is 0 Å². The maximum Gasteiger partial charge on any atom is 0.407 e. The van der Waals surface area contributed by atoms with Crippen LogP contribution in [0.15, 0.2) is 60.7 Å². The molecule has 0 aromatic heterocycles. The Kier molecular flexibility index (Phi) is 8.68. The standard InChI is InChI=1S/C27H35N3O4/c1-27(2,3)34-26(33)28-16-15-23(31)29-17-10-18-30(20-19-29)25(32)24(21-11-6-4-7-12-21)22-13-8-5-9-14-22/h4-9,11-14,24H,10,15-20H2,1-3H3,(H,28,33). The molecule has 1 fully saturated rings. The van der Waals surface area contributed by atoms with Crippen LogP contribution in [-0.4, -0.2) is 66.0 Å². The molecule has 2 aromatic rings. The van der Waals surface area contributed by atoms with Crippen molar-refractivity contribution in [1.82, 2.24) is 15.1 Å². The fraction of sp³-hybridized carbons (Fsp3) is 0.444. The van der Waals surface area contributed by atoms with Crippen LogP contribution >= 0.6 is 0 Å². The molecular weight excluding hydrogens is 430 g/mol. The Labute approximate surface area is 202 Å². The summed E-state index contributed by atoms with van der Waals surface area (Å²) in [5.74, 6) is -0.353. The monoisotopic (exact) mass is 465 g/mol. The van der Waals surface area contributed by atoms with Crippen molar-refractivity contribution in [3.05, 3.63) is 71.8 Å². The number of nitrogens with one attached hydrogen (secondary N) is 1. The van der Waals surface area contributed by atoms with E-state index >= 15 is 0 Å². The van der Waals surface area contributed by atoms with Gasteiger partial charge in [-0.1, -0.05) is 60.7 Å². The Hall–Kier alpha value is -3.35. The van der Waals surface area contributed by atoms with Gasteiger partial charge in [0.05, 0.1) is 5.92 Å². The van der Waals surface area contributed by atoms with Gasteiger partial charge in [-0.2, -0.15) is 0 Å². The van der Waals surface area contributed by atoms with Gasteiger partial charge in [-0.25, -0.2) is 4.79 Å². The van der Waals surface area contributed by atoms with E-state index in [4.69, 9.17) is 4.74 Å². The van der Waals surface area contributed by atoms with Crippen molar-refractivity contribution in [3.63, 3.8) is 0 Å². The van der Waals surface area contributed by atoms with E-state index in [1.807, 2.05) is 65.6 Å². The Morgan fingerprint density at radius 2 is 1.38 bits per heavy atom. The SMILES string of the molecule is CC(C)(C)OC(=O)NCCC(=O)N1CCCN(C(=O)C(c2ccccc2)c2ccccc2)CC1. The van der Waals surface area contributed by atoms with E-state index in [9.17, 15) is 14.4 Å². The highest BCUT2D eigenvalue weighted by Gasteiger charge is 2.29. The van der Waals surface area contributed by atoms with Crippen molar-refractivity contribution in [2.75, 3.05) is 32.7 Å². The summed E-state index contributed by atoms with van der Waals surface area (Å²) in [5.41, 5.74) is 1.35. The molecule has 0 saturated carbocycles. The minimum atomic E-state index is -0.577. The molecule has 2 aromatic carbocycles. The van der Waals surface area contributed by atoms with Gasteiger partial charge in [0.1, 0.15) is 5.60 Å². The third-order valence-electron chi connectivity index (χ3n) is 5.68. The van der Waals surface area contributed by atoms with Crippen molar-refractivity contribution in [3.8, 4) is 0 Å². The van der Waals surface area contributed by atoms with Gasteiger partial charge >= 0.3 is 6.09 Å². The topological polar surface area (TPSA) is 79.0 Å². The third kappa shape index (κ3) is 7.33. The van der Waals surface area contributed by atoms with E-state index in [0.717, 1.165) is 11.1 Å². The lowest BCUT2D eigenvalue weighted by molar-refractivity contribution is -0.133. The molecule has 3 rings (SSSR count). The molecule has 7 nitrogen and oxygen atoms in total. The molecule has 182 valence electrons. The number of alkyl carbamates (subject to hydrolysis) is 1. The molecule has 0 spiro atoms. The highest BCUT2D eigenvalue weighted by Crippen LogP contribution is 2.27. The molecule has 1 heterocycles. The van der Waals surface area contributed by atoms with Gasteiger partial charge in [0, 0.05) is 39.1 Å². The van der Waals surface area contributed by atoms with E-state index in [1.54, 1.807) is 25.7 Å². The summed E-state index contributed by atoms with van der Waals surface area (Å²) in [6, 6.07) is 19.6. The Morgan fingerprint density at radius 1 is 0.853 bits per heavy atom. The van der Waals surface area contributed by atoms with Crippen LogP contribution in [-0.2, 0) is 14.3 Å². The Balaban J connectivity index is 1.58. The molecule has 0 bridgehead atoms. The number of benzene rings is 2. The molecular formula is C27H35N3O4. The van der Waals surface area contributed by atoms with Crippen LogP contribution in [0.1, 0.15) is 50.7 Å². The van der Waals surface area contributed by atoms with Gasteiger partial charge in [0.2, 0.25) is 11.8 Å². The molecule has 0 unspecified atom stereocenters. The zero-order valence-electron chi connectivity index (χ0n) is 20.3. The summed E-state index contributed by atoms with van der Waals surface area (Å²) in [6.45, 7) is 7.77. The van der Waals surface area contributed by atoms with E-state index < -0.39 is 11.7 Å². The molecule has 1 aliphatic heterocycles. The second-order valence-electron chi connectivity index (χ2n) is 9.49. The zero-order valence-corrected chi connectivity index (χ0v) is 20.3. The summed E-state index contributed by atoms with van der Waals surface area (Å²) in [7, 11) is 0. The maximum atomic E-state index is 13.7. The number of rotatable bonds is 6. The number of carbonyl (C=O) groups is 3. The lowest BCUT2D eigenvalue weighted by Crippen LogP contribution is -2.40. The fourth-order valence-corrected chi connectivity index (χ4v) is 4.08. The fourth-order valence-electron chi connectivity index (χ4n) is 4.08. The average molecular weight is 466 g/mol. The molecule has 0 aliphatic carbocycles. The highest BCUT2D eigenvalue weighted by molar-refractivity contribution is 5.87. The quantitative estimate of drug-likeness (QED) is 0.704. The summed E-state index contributed by atoms with van der Waals surface area (Å²) >= 11 is 0. The van der Waals surface area contributed by atoms with Crippen LogP contribution < -0.4 is 5.32 Å². The molecule has 3 amide bonds. The van der Waals surface area contributed by atoms with Crippen molar-refractivity contribution in [1.29, 1.82) is 0 Å². The first-order valence-corrected chi connectivity index (χ1v) is 11.9. The summed E-state index contributed by atoms with van der Waals surface area (Å²) in [5, 5.41) is 2.63. The van der Waals surface area contributed by atoms with Crippen LogP contribution in [0.2, 0.25) is 0 Å². The van der Waals surface area contributed by atoms with E-state index in [-0.39, 0.29) is 30.7 Å². The van der Waals surface area contributed by atoms with Crippen molar-refractivity contribution in [2.45, 2.75) is 45.1 Å². The van der Waals surface area contributed by atoms with Crippen LogP contribution in [0.4, 0.5) is 4.79 Å². The average Bonchev–Trinajstić information content (AvgIpc) is 3.06. The van der Waals surface area contributed by atoms with E-state index in [1.165, 1.54) is 0 Å². The van der Waals surface area contributed by atoms with Gasteiger partial charge in [-0.15, -0.1) is 0 Å². The van der Waals surface area contributed by atoms with Crippen molar-refractivity contribution in [2.24, 2.45) is 0 Å². The van der Waals surface area contributed by atoms with Gasteiger partial charge in [0.15, 0.2) is 0 Å². The number of hydrogen-bond acceptors (Lipinski definition) is 4. The third-order valence-corrected chi connectivity index (χ3v) is 5.68. The second kappa shape index (κ2) is 11.7. The minimum Gasteiger partial charge on any atom is -0.444 e. The molecule has 0 radical (unpaired) electrons. The molecule has 34 heavy (non-hydrogen) atoms. The maximum absolute atomic E-state index is 13.7. The largest absolute Gasteiger partial charge is 0.444 e. The van der Waals surface area contributed by atoms with Crippen molar-refractivity contribution < 1.29 is 19.1 Å². The summed E-state index contributed by atoms with van der Waals surface area (Å²) in [4.78, 5) is 41.8. The summed E-state index contributed by atoms with van der Waals surface area (Å²) < 4.78 is 5.20. The molecule has 1 aliphatic rings. The number of nitrogens with zero attached hydrogens (tertiary/aromatic N) is 2. The lowest BCUT2D eigenvalue weighted by Gasteiger charge is -2.27. The van der Waals surface area contributed by atoms with Crippen LogP contribution in [0.5, 0.6) is 0 Å². The van der Waals surface area contributed by atoms with E-state index in [2.05, 4.69) is 5.32 Å². The predicted molar refractivity (Wildman–Crippen MR) is 131 cm³/mol. The first kappa shape index (κ1) is 25.3. The molecule has 1 saturated heterocycles. The minimum absolute atomic E-state index is 0.0342. The van der Waals surface area contributed by atoms with Crippen molar-refractivity contribution >= 4 is 17.9 Å². The normalized spacial score (nSPS) is 14.5. The highest BCUT2D eigenvalue weighted by atomic mass is 16.6. The van der Waals surface area contributed by atoms with Gasteiger partial charge in [-0.3, -0.25) is 9.59 Å². The Morgan fingerprint density at radius 3 is 1.94 bits per heavy atom. The summed E-state index contributed by atoms with van der Waals surface area (Å²) in [6.07, 6.45) is 0.387. The zero-order chi connectivity index (χ0) is 24.6. The number of amides is 3. The molecule has 1 N–H and O–H groups in total. The first-order valence-electron chi connectivity index (χ1n) is 11.9. The Bertz CT molecular complexity index is 917. The van der Waals surface area contributed by atoms with Gasteiger partial charge < -0.3 is 19.9 Å². The van der Waals surface area contributed by atoms with Crippen LogP contribution in [0.3, 0.4) is 0 Å². The smallest absolute Gasteiger partial charge is 0.407 e. The number of hydrogen-bond donors (Lipinski definition) is 1. The molecule has 7 heteroatoms. The van der Waals surface area contributed by atoms with Crippen LogP contribution in [0, 0.1) is 0 Å². The first-order chi connectivity index (χ1) is 16.2. The van der Waals surface area contributed by atoms with Gasteiger partial charge in [0.25, 0.3) is 0 Å². The van der Waals surface area contributed by atoms with Gasteiger partial charge in [-0.05, 0) is 38.3 Å². The second-order valence-corrected chi connectivity index (χ2v) is 9.49.